The van der Waals surface area contributed by atoms with Crippen LogP contribution in [0.1, 0.15) is 41.1 Å². The van der Waals surface area contributed by atoms with Crippen molar-refractivity contribution in [1.82, 2.24) is 9.88 Å². The number of rotatable bonds is 3. The van der Waals surface area contributed by atoms with E-state index in [0.717, 1.165) is 22.0 Å². The fourth-order valence-electron chi connectivity index (χ4n) is 2.61. The number of nitrogens with one attached hydrogen (secondary N) is 1. The maximum atomic E-state index is 12.8. The molecule has 1 aliphatic heterocycles. The molecule has 4 nitrogen and oxygen atoms in total. The number of nitrogens with zero attached hydrogens (tertiary/aromatic N) is 2. The van der Waals surface area contributed by atoms with E-state index in [2.05, 4.69) is 24.1 Å². The molecule has 1 aliphatic rings. The lowest BCUT2D eigenvalue weighted by atomic mass is 10.0. The Morgan fingerprint density at radius 3 is 2.81 bits per heavy atom. The molecule has 5 heteroatoms. The van der Waals surface area contributed by atoms with E-state index in [1.807, 2.05) is 41.5 Å². The fraction of sp³-hybridized carbons (Fsp3) is 0.375. The molecule has 3 rings (SSSR count). The van der Waals surface area contributed by atoms with Crippen molar-refractivity contribution < 1.29 is 4.79 Å². The van der Waals surface area contributed by atoms with E-state index in [1.54, 1.807) is 11.3 Å². The smallest absolute Gasteiger partial charge is 0.257 e. The van der Waals surface area contributed by atoms with Gasteiger partial charge in [-0.3, -0.25) is 4.79 Å². The third kappa shape index (κ3) is 2.65. The molecular weight excluding hydrogens is 282 g/mol. The van der Waals surface area contributed by atoms with E-state index in [-0.39, 0.29) is 12.1 Å². The first-order valence-corrected chi connectivity index (χ1v) is 8.03. The van der Waals surface area contributed by atoms with Crippen LogP contribution in [-0.2, 0) is 0 Å². The SMILES string of the molecule is Cc1nc([C@H]2Nc3ccccc3C(=O)N2CC(C)C)cs1. The molecule has 0 saturated carbocycles. The van der Waals surface area contributed by atoms with Crippen molar-refractivity contribution in [3.8, 4) is 0 Å². The van der Waals surface area contributed by atoms with Gasteiger partial charge in [0.15, 0.2) is 0 Å². The summed E-state index contributed by atoms with van der Waals surface area (Å²) in [7, 11) is 0. The maximum Gasteiger partial charge on any atom is 0.257 e. The molecule has 1 atom stereocenters. The third-order valence-corrected chi connectivity index (χ3v) is 4.29. The topological polar surface area (TPSA) is 45.2 Å². The summed E-state index contributed by atoms with van der Waals surface area (Å²) in [4.78, 5) is 19.3. The van der Waals surface area contributed by atoms with Crippen LogP contribution < -0.4 is 5.32 Å². The molecule has 1 N–H and O–H groups in total. The molecule has 1 amide bonds. The van der Waals surface area contributed by atoms with Gasteiger partial charge in [0, 0.05) is 17.6 Å². The van der Waals surface area contributed by atoms with Crippen LogP contribution in [0, 0.1) is 12.8 Å². The normalized spacial score (nSPS) is 17.8. The molecule has 0 unspecified atom stereocenters. The molecule has 2 heterocycles. The van der Waals surface area contributed by atoms with Gasteiger partial charge in [0.25, 0.3) is 5.91 Å². The summed E-state index contributed by atoms with van der Waals surface area (Å²) in [6.45, 7) is 6.94. The van der Waals surface area contributed by atoms with Crippen molar-refractivity contribution in [2.24, 2.45) is 5.92 Å². The number of benzene rings is 1. The van der Waals surface area contributed by atoms with Gasteiger partial charge in [-0.25, -0.2) is 4.98 Å². The predicted molar refractivity (Wildman–Crippen MR) is 85.5 cm³/mol. The number of hydrogen-bond donors (Lipinski definition) is 1. The minimum absolute atomic E-state index is 0.0775. The van der Waals surface area contributed by atoms with E-state index in [4.69, 9.17) is 0 Å². The molecular formula is C16H19N3OS. The number of aromatic nitrogens is 1. The fourth-order valence-corrected chi connectivity index (χ4v) is 3.24. The Labute approximate surface area is 128 Å². The lowest BCUT2D eigenvalue weighted by Crippen LogP contribution is -2.44. The number of thiazole rings is 1. The molecule has 2 aromatic rings. The van der Waals surface area contributed by atoms with Crippen LogP contribution in [-0.4, -0.2) is 22.3 Å². The van der Waals surface area contributed by atoms with Gasteiger partial charge in [0.1, 0.15) is 6.17 Å². The van der Waals surface area contributed by atoms with Crippen LogP contribution in [0.2, 0.25) is 0 Å². The van der Waals surface area contributed by atoms with E-state index in [0.29, 0.717) is 12.5 Å². The monoisotopic (exact) mass is 301 g/mol. The quantitative estimate of drug-likeness (QED) is 0.940. The zero-order valence-electron chi connectivity index (χ0n) is 12.5. The predicted octanol–water partition coefficient (Wildman–Crippen LogP) is 3.67. The number of para-hydroxylation sites is 1. The van der Waals surface area contributed by atoms with Crippen LogP contribution in [0.25, 0.3) is 0 Å². The van der Waals surface area contributed by atoms with Gasteiger partial charge < -0.3 is 10.2 Å². The van der Waals surface area contributed by atoms with Crippen LogP contribution in [0.15, 0.2) is 29.6 Å². The highest BCUT2D eigenvalue weighted by Gasteiger charge is 2.34. The van der Waals surface area contributed by atoms with Crippen LogP contribution in [0.3, 0.4) is 0 Å². The Balaban J connectivity index is 2.02. The Kier molecular flexibility index (Phi) is 3.68. The second-order valence-corrected chi connectivity index (χ2v) is 6.80. The number of aryl methyl sites for hydroxylation is 1. The highest BCUT2D eigenvalue weighted by Crippen LogP contribution is 2.33. The molecule has 1 aromatic carbocycles. The summed E-state index contributed by atoms with van der Waals surface area (Å²) in [5, 5.41) is 6.51. The first kappa shape index (κ1) is 14.1. The van der Waals surface area contributed by atoms with Crippen molar-refractivity contribution in [3.63, 3.8) is 0 Å². The van der Waals surface area contributed by atoms with Crippen molar-refractivity contribution >= 4 is 22.9 Å². The lowest BCUT2D eigenvalue weighted by molar-refractivity contribution is 0.0654. The average Bonchev–Trinajstić information content (AvgIpc) is 2.88. The molecule has 1 aromatic heterocycles. The third-order valence-electron chi connectivity index (χ3n) is 3.50. The molecule has 110 valence electrons. The molecule has 0 radical (unpaired) electrons. The number of amides is 1. The summed E-state index contributed by atoms with van der Waals surface area (Å²) in [6, 6.07) is 7.67. The van der Waals surface area contributed by atoms with Gasteiger partial charge in [-0.15, -0.1) is 11.3 Å². The summed E-state index contributed by atoms with van der Waals surface area (Å²) in [5.41, 5.74) is 2.54. The van der Waals surface area contributed by atoms with Gasteiger partial charge in [-0.1, -0.05) is 26.0 Å². The zero-order chi connectivity index (χ0) is 15.0. The van der Waals surface area contributed by atoms with Crippen LogP contribution >= 0.6 is 11.3 Å². The van der Waals surface area contributed by atoms with Gasteiger partial charge in [-0.2, -0.15) is 0 Å². The number of fused-ring (bicyclic) bond motifs is 1. The number of anilines is 1. The maximum absolute atomic E-state index is 12.8. The summed E-state index contributed by atoms with van der Waals surface area (Å²) < 4.78 is 0. The Bertz CT molecular complexity index is 665. The zero-order valence-corrected chi connectivity index (χ0v) is 13.3. The number of carbonyl (C=O) groups excluding carboxylic acids is 1. The van der Waals surface area contributed by atoms with Crippen molar-refractivity contribution in [3.05, 3.63) is 45.9 Å². The molecule has 0 aliphatic carbocycles. The number of hydrogen-bond acceptors (Lipinski definition) is 4. The van der Waals surface area contributed by atoms with Gasteiger partial charge >= 0.3 is 0 Å². The minimum atomic E-state index is -0.181. The van der Waals surface area contributed by atoms with E-state index in [9.17, 15) is 4.79 Å². The van der Waals surface area contributed by atoms with Gasteiger partial charge in [-0.05, 0) is 25.0 Å². The summed E-state index contributed by atoms with van der Waals surface area (Å²) in [5.74, 6) is 0.483. The highest BCUT2D eigenvalue weighted by atomic mass is 32.1. The van der Waals surface area contributed by atoms with Crippen LogP contribution in [0.4, 0.5) is 5.69 Å². The molecule has 0 saturated heterocycles. The van der Waals surface area contributed by atoms with Gasteiger partial charge in [0.2, 0.25) is 0 Å². The Morgan fingerprint density at radius 2 is 2.14 bits per heavy atom. The lowest BCUT2D eigenvalue weighted by Gasteiger charge is -2.38. The standard InChI is InChI=1S/C16H19N3OS/c1-10(2)8-19-15(14-9-21-11(3)17-14)18-13-7-5-4-6-12(13)16(19)20/h4-7,9-10,15,18H,8H2,1-3H3/t15-/m0/s1. The molecule has 0 bridgehead atoms. The number of carbonyl (C=O) groups is 1. The first-order chi connectivity index (χ1) is 10.1. The molecule has 21 heavy (non-hydrogen) atoms. The largest absolute Gasteiger partial charge is 0.359 e. The van der Waals surface area contributed by atoms with Crippen molar-refractivity contribution in [2.45, 2.75) is 26.9 Å². The van der Waals surface area contributed by atoms with E-state index >= 15 is 0 Å². The van der Waals surface area contributed by atoms with Gasteiger partial charge in [0.05, 0.1) is 16.3 Å². The van der Waals surface area contributed by atoms with E-state index < -0.39 is 0 Å². The first-order valence-electron chi connectivity index (χ1n) is 7.15. The Morgan fingerprint density at radius 1 is 1.38 bits per heavy atom. The average molecular weight is 301 g/mol. The second-order valence-electron chi connectivity index (χ2n) is 5.74. The molecule has 0 fully saturated rings. The van der Waals surface area contributed by atoms with Crippen LogP contribution in [0.5, 0.6) is 0 Å². The Hall–Kier alpha value is -1.88. The minimum Gasteiger partial charge on any atom is -0.359 e. The van der Waals surface area contributed by atoms with E-state index in [1.165, 1.54) is 0 Å². The summed E-state index contributed by atoms with van der Waals surface area (Å²) >= 11 is 1.61. The summed E-state index contributed by atoms with van der Waals surface area (Å²) in [6.07, 6.45) is -0.181. The van der Waals surface area contributed by atoms with Crippen molar-refractivity contribution in [1.29, 1.82) is 0 Å². The molecule has 0 spiro atoms. The van der Waals surface area contributed by atoms with Crippen molar-refractivity contribution in [2.75, 3.05) is 11.9 Å². The highest BCUT2D eigenvalue weighted by molar-refractivity contribution is 7.09. The second kappa shape index (κ2) is 5.48.